The van der Waals surface area contributed by atoms with Crippen LogP contribution in [0.2, 0.25) is 0 Å². The summed E-state index contributed by atoms with van der Waals surface area (Å²) in [4.78, 5) is 45.5. The van der Waals surface area contributed by atoms with Crippen LogP contribution in [-0.4, -0.2) is 59.0 Å². The molecule has 10 heteroatoms. The van der Waals surface area contributed by atoms with Crippen LogP contribution in [0.3, 0.4) is 0 Å². The van der Waals surface area contributed by atoms with Crippen molar-refractivity contribution in [2.75, 3.05) is 10.7 Å². The van der Waals surface area contributed by atoms with Crippen LogP contribution in [-0.2, 0) is 38.1 Å². The fourth-order valence-corrected chi connectivity index (χ4v) is 2.89. The van der Waals surface area contributed by atoms with Crippen LogP contribution in [0.4, 0.5) is 0 Å². The third kappa shape index (κ3) is 8.62. The van der Waals surface area contributed by atoms with E-state index in [4.69, 9.17) is 18.9 Å². The molecule has 138 valence electrons. The van der Waals surface area contributed by atoms with E-state index in [-0.39, 0.29) is 10.7 Å². The van der Waals surface area contributed by atoms with Gasteiger partial charge in [-0.15, -0.1) is 0 Å². The van der Waals surface area contributed by atoms with E-state index >= 15 is 0 Å². The highest BCUT2D eigenvalue weighted by Gasteiger charge is 2.42. The van der Waals surface area contributed by atoms with Crippen molar-refractivity contribution in [2.24, 2.45) is 0 Å². The average molecular weight is 476 g/mol. The van der Waals surface area contributed by atoms with Crippen molar-refractivity contribution < 1.29 is 38.1 Å². The molecular formula is C14H20Br2O8. The summed E-state index contributed by atoms with van der Waals surface area (Å²) in [6, 6.07) is 0. The van der Waals surface area contributed by atoms with Gasteiger partial charge in [-0.2, -0.15) is 0 Å². The van der Waals surface area contributed by atoms with Gasteiger partial charge in [-0.25, -0.2) is 0 Å². The molecule has 0 bridgehead atoms. The number of ether oxygens (including phenoxy) is 4. The Morgan fingerprint density at radius 1 is 0.625 bits per heavy atom. The quantitative estimate of drug-likeness (QED) is 0.280. The zero-order valence-electron chi connectivity index (χ0n) is 13.7. The van der Waals surface area contributed by atoms with E-state index in [9.17, 15) is 19.2 Å². The molecule has 0 aromatic carbocycles. The Labute approximate surface area is 156 Å². The van der Waals surface area contributed by atoms with Crippen LogP contribution in [0.25, 0.3) is 0 Å². The van der Waals surface area contributed by atoms with Crippen molar-refractivity contribution in [3.05, 3.63) is 0 Å². The summed E-state index contributed by atoms with van der Waals surface area (Å²) in [5.74, 6) is -2.57. The molecule has 0 aliphatic rings. The van der Waals surface area contributed by atoms with Crippen LogP contribution in [0.5, 0.6) is 0 Å². The fraction of sp³-hybridized carbons (Fsp3) is 0.714. The lowest BCUT2D eigenvalue weighted by molar-refractivity contribution is -0.194. The molecule has 0 N–H and O–H groups in total. The van der Waals surface area contributed by atoms with Crippen molar-refractivity contribution in [1.29, 1.82) is 0 Å². The highest BCUT2D eigenvalue weighted by atomic mass is 79.9. The minimum absolute atomic E-state index is 0.109. The van der Waals surface area contributed by atoms with E-state index in [2.05, 4.69) is 31.9 Å². The molecular weight excluding hydrogens is 456 g/mol. The zero-order chi connectivity index (χ0) is 18.9. The number of carbonyl (C=O) groups excluding carboxylic acids is 4. The normalized spacial score (nSPS) is 15.4. The third-order valence-electron chi connectivity index (χ3n) is 2.60. The van der Waals surface area contributed by atoms with E-state index in [1.165, 1.54) is 13.8 Å². The Balaban J connectivity index is 5.74. The monoisotopic (exact) mass is 474 g/mol. The molecule has 4 atom stereocenters. The van der Waals surface area contributed by atoms with Gasteiger partial charge in [-0.3, -0.25) is 19.2 Å². The fourth-order valence-electron chi connectivity index (χ4n) is 1.89. The van der Waals surface area contributed by atoms with Crippen LogP contribution in [0.1, 0.15) is 27.7 Å². The van der Waals surface area contributed by atoms with Crippen molar-refractivity contribution in [2.45, 2.75) is 52.1 Å². The molecule has 0 saturated heterocycles. The molecule has 0 radical (unpaired) electrons. The Bertz CT molecular complexity index is 426. The lowest BCUT2D eigenvalue weighted by atomic mass is 10.0. The van der Waals surface area contributed by atoms with Gasteiger partial charge in [0.05, 0.1) is 0 Å². The van der Waals surface area contributed by atoms with E-state index in [1.807, 2.05) is 0 Å². The maximum absolute atomic E-state index is 11.4. The molecule has 8 nitrogen and oxygen atoms in total. The second-order valence-corrected chi connectivity index (χ2v) is 6.05. The number of hydrogen-bond donors (Lipinski definition) is 0. The van der Waals surface area contributed by atoms with E-state index in [1.54, 1.807) is 0 Å². The first kappa shape index (κ1) is 22.8. The minimum atomic E-state index is -1.17. The van der Waals surface area contributed by atoms with Crippen molar-refractivity contribution >= 4 is 55.7 Å². The number of halogens is 2. The summed E-state index contributed by atoms with van der Waals surface area (Å²) < 4.78 is 20.6. The van der Waals surface area contributed by atoms with E-state index in [0.29, 0.717) is 0 Å². The topological polar surface area (TPSA) is 105 Å². The molecule has 0 heterocycles. The summed E-state index contributed by atoms with van der Waals surface area (Å²) in [7, 11) is 0. The number of rotatable bonds is 9. The van der Waals surface area contributed by atoms with Gasteiger partial charge in [-0.1, -0.05) is 31.9 Å². The minimum Gasteiger partial charge on any atom is -0.458 e. The Morgan fingerprint density at radius 2 is 0.875 bits per heavy atom. The number of alkyl halides is 2. The van der Waals surface area contributed by atoms with Crippen LogP contribution < -0.4 is 0 Å². The second-order valence-electron chi connectivity index (χ2n) is 4.75. The van der Waals surface area contributed by atoms with Crippen molar-refractivity contribution in [3.8, 4) is 0 Å². The SMILES string of the molecule is CC(=O)O[C@@H]([C@H](OC(C)=O)[C@@H](CBr)OC(C)=O)[C@H](CBr)OC(C)=O. The lowest BCUT2D eigenvalue weighted by Gasteiger charge is -2.34. The smallest absolute Gasteiger partial charge is 0.303 e. The Morgan fingerprint density at radius 3 is 1.04 bits per heavy atom. The maximum atomic E-state index is 11.4. The first-order valence-corrected chi connectivity index (χ1v) is 9.17. The molecule has 0 fully saturated rings. The van der Waals surface area contributed by atoms with Crippen molar-refractivity contribution in [3.63, 3.8) is 0 Å². The van der Waals surface area contributed by atoms with Gasteiger partial charge in [-0.05, 0) is 0 Å². The molecule has 0 saturated carbocycles. The molecule has 0 aliphatic heterocycles. The predicted octanol–water partition coefficient (Wildman–Crippen LogP) is 1.50. The first-order valence-electron chi connectivity index (χ1n) is 6.93. The molecule has 0 aliphatic carbocycles. The van der Waals surface area contributed by atoms with Gasteiger partial charge in [0.15, 0.2) is 24.4 Å². The summed E-state index contributed by atoms with van der Waals surface area (Å²) in [6.07, 6.45) is -4.24. The molecule has 0 unspecified atom stereocenters. The van der Waals surface area contributed by atoms with Crippen molar-refractivity contribution in [1.82, 2.24) is 0 Å². The maximum Gasteiger partial charge on any atom is 0.303 e. The van der Waals surface area contributed by atoms with Gasteiger partial charge < -0.3 is 18.9 Å². The summed E-state index contributed by atoms with van der Waals surface area (Å²) in [5, 5.41) is 0.217. The van der Waals surface area contributed by atoms with Gasteiger partial charge in [0, 0.05) is 38.4 Å². The third-order valence-corrected chi connectivity index (χ3v) is 3.88. The highest BCUT2D eigenvalue weighted by Crippen LogP contribution is 2.21. The van der Waals surface area contributed by atoms with Crippen LogP contribution in [0, 0.1) is 0 Å². The highest BCUT2D eigenvalue weighted by molar-refractivity contribution is 9.09. The van der Waals surface area contributed by atoms with E-state index < -0.39 is 48.3 Å². The predicted molar refractivity (Wildman–Crippen MR) is 89.8 cm³/mol. The summed E-state index contributed by atoms with van der Waals surface area (Å²) in [6.45, 7) is 4.70. The second kappa shape index (κ2) is 11.4. The van der Waals surface area contributed by atoms with Crippen LogP contribution >= 0.6 is 31.9 Å². The molecule has 0 rings (SSSR count). The molecule has 0 amide bonds. The molecule has 0 aromatic rings. The van der Waals surface area contributed by atoms with Crippen LogP contribution in [0.15, 0.2) is 0 Å². The van der Waals surface area contributed by atoms with Gasteiger partial charge in [0.1, 0.15) is 0 Å². The van der Waals surface area contributed by atoms with Gasteiger partial charge >= 0.3 is 23.9 Å². The zero-order valence-corrected chi connectivity index (χ0v) is 16.9. The molecule has 0 aromatic heterocycles. The summed E-state index contributed by atoms with van der Waals surface area (Å²) >= 11 is 6.33. The van der Waals surface area contributed by atoms with Gasteiger partial charge in [0.2, 0.25) is 0 Å². The average Bonchev–Trinajstić information content (AvgIpc) is 2.45. The molecule has 0 spiro atoms. The Kier molecular flexibility index (Phi) is 10.9. The number of carbonyl (C=O) groups is 4. The Hall–Kier alpha value is -1.16. The first-order chi connectivity index (χ1) is 11.1. The van der Waals surface area contributed by atoms with E-state index in [0.717, 1.165) is 13.8 Å². The largest absolute Gasteiger partial charge is 0.458 e. The molecule has 24 heavy (non-hydrogen) atoms. The summed E-state index contributed by atoms with van der Waals surface area (Å²) in [5.41, 5.74) is 0. The standard InChI is InChI=1S/C14H20Br2O8/c1-7(17)21-11(5-15)13(23-9(3)19)14(24-10(4)20)12(6-16)22-8(2)18/h11-14H,5-6H2,1-4H3/t11-,12+,13-,14-/m1/s1. The van der Waals surface area contributed by atoms with Gasteiger partial charge in [0.25, 0.3) is 0 Å². The lowest BCUT2D eigenvalue weighted by Crippen LogP contribution is -2.52. The number of esters is 4. The number of hydrogen-bond acceptors (Lipinski definition) is 8.